The highest BCUT2D eigenvalue weighted by atomic mass is 35.7. The molecule has 16 heavy (non-hydrogen) atoms. The zero-order valence-electron chi connectivity index (χ0n) is 8.21. The van der Waals surface area contributed by atoms with E-state index in [1.165, 1.54) is 18.2 Å². The number of alkyl halides is 2. The van der Waals surface area contributed by atoms with Gasteiger partial charge in [0.15, 0.2) is 0 Å². The summed E-state index contributed by atoms with van der Waals surface area (Å²) >= 11 is 0. The average molecular weight is 267 g/mol. The number of rotatable bonds is 1. The Bertz CT molecular complexity index is 526. The maximum Gasteiger partial charge on any atom is 0.273 e. The van der Waals surface area contributed by atoms with Crippen molar-refractivity contribution in [1.29, 1.82) is 0 Å². The third-order valence-electron chi connectivity index (χ3n) is 2.71. The van der Waals surface area contributed by atoms with E-state index in [1.54, 1.807) is 0 Å². The van der Waals surface area contributed by atoms with Gasteiger partial charge in [0.25, 0.3) is 15.0 Å². The normalized spacial score (nSPS) is 19.2. The molecule has 0 radical (unpaired) electrons. The molecule has 1 aliphatic carbocycles. The van der Waals surface area contributed by atoms with E-state index in [1.807, 2.05) is 0 Å². The van der Waals surface area contributed by atoms with Gasteiger partial charge in [-0.1, -0.05) is 12.1 Å². The molecule has 0 unspecified atom stereocenters. The molecule has 0 atom stereocenters. The van der Waals surface area contributed by atoms with Crippen LogP contribution in [0.5, 0.6) is 0 Å². The molecule has 2 nitrogen and oxygen atoms in total. The second kappa shape index (κ2) is 3.67. The van der Waals surface area contributed by atoms with Crippen LogP contribution in [-0.2, 0) is 21.4 Å². The van der Waals surface area contributed by atoms with Gasteiger partial charge >= 0.3 is 0 Å². The van der Waals surface area contributed by atoms with Crippen molar-refractivity contribution >= 4 is 19.7 Å². The van der Waals surface area contributed by atoms with Gasteiger partial charge in [-0.05, 0) is 24.5 Å². The van der Waals surface area contributed by atoms with E-state index in [-0.39, 0.29) is 28.9 Å². The molecular weight excluding hydrogens is 258 g/mol. The zero-order chi connectivity index (χ0) is 12.0. The third kappa shape index (κ3) is 1.94. The molecule has 1 aromatic rings. The quantitative estimate of drug-likeness (QED) is 0.732. The van der Waals surface area contributed by atoms with Crippen molar-refractivity contribution in [2.45, 2.75) is 30.1 Å². The highest BCUT2D eigenvalue weighted by Crippen LogP contribution is 2.42. The standard InChI is InChI=1S/C10H9ClF2O2S/c11-16(14,15)9-5-1-4-8-7(9)3-2-6-10(8,12)13/h1,4-5H,2-3,6H2. The Morgan fingerprint density at radius 3 is 2.62 bits per heavy atom. The highest BCUT2D eigenvalue weighted by molar-refractivity contribution is 8.13. The molecule has 0 bridgehead atoms. The summed E-state index contributed by atoms with van der Waals surface area (Å²) in [5, 5.41) is 0. The molecule has 0 heterocycles. The number of hydrogen-bond donors (Lipinski definition) is 0. The fourth-order valence-corrected chi connectivity index (χ4v) is 3.20. The van der Waals surface area contributed by atoms with Gasteiger partial charge in [0.05, 0.1) is 4.90 Å². The second-order valence-corrected chi connectivity index (χ2v) is 6.31. The molecule has 0 fully saturated rings. The first-order valence-corrected chi connectivity index (χ1v) is 7.08. The van der Waals surface area contributed by atoms with Crippen molar-refractivity contribution in [1.82, 2.24) is 0 Å². The fraction of sp³-hybridized carbons (Fsp3) is 0.400. The zero-order valence-corrected chi connectivity index (χ0v) is 9.78. The van der Waals surface area contributed by atoms with Gasteiger partial charge in [0.1, 0.15) is 0 Å². The van der Waals surface area contributed by atoms with Gasteiger partial charge in [-0.25, -0.2) is 17.2 Å². The van der Waals surface area contributed by atoms with Crippen LogP contribution in [-0.4, -0.2) is 8.42 Å². The van der Waals surface area contributed by atoms with Crippen LogP contribution >= 0.6 is 10.7 Å². The van der Waals surface area contributed by atoms with Crippen LogP contribution in [0.15, 0.2) is 23.1 Å². The smallest absolute Gasteiger partial charge is 0.207 e. The average Bonchev–Trinajstić information content (AvgIpc) is 2.15. The maximum absolute atomic E-state index is 13.5. The van der Waals surface area contributed by atoms with Crippen LogP contribution in [0.25, 0.3) is 0 Å². The summed E-state index contributed by atoms with van der Waals surface area (Å²) < 4.78 is 49.5. The van der Waals surface area contributed by atoms with Crippen LogP contribution < -0.4 is 0 Å². The predicted molar refractivity (Wildman–Crippen MR) is 56.3 cm³/mol. The summed E-state index contributed by atoms with van der Waals surface area (Å²) in [6.07, 6.45) is 0.349. The lowest BCUT2D eigenvalue weighted by molar-refractivity contribution is -0.0221. The molecule has 1 aliphatic rings. The molecule has 1 aromatic carbocycles. The molecule has 0 saturated carbocycles. The Morgan fingerprint density at radius 1 is 1.31 bits per heavy atom. The van der Waals surface area contributed by atoms with E-state index in [4.69, 9.17) is 10.7 Å². The summed E-state index contributed by atoms with van der Waals surface area (Å²) in [4.78, 5) is -0.189. The van der Waals surface area contributed by atoms with E-state index < -0.39 is 15.0 Å². The molecule has 0 saturated heterocycles. The van der Waals surface area contributed by atoms with Crippen molar-refractivity contribution in [2.24, 2.45) is 0 Å². The van der Waals surface area contributed by atoms with E-state index in [0.29, 0.717) is 6.42 Å². The summed E-state index contributed by atoms with van der Waals surface area (Å²) in [5.74, 6) is -2.95. The van der Waals surface area contributed by atoms with Crippen LogP contribution in [0, 0.1) is 0 Å². The lowest BCUT2D eigenvalue weighted by Gasteiger charge is -2.26. The van der Waals surface area contributed by atoms with Crippen molar-refractivity contribution in [2.75, 3.05) is 0 Å². The number of halogens is 3. The van der Waals surface area contributed by atoms with Gasteiger partial charge < -0.3 is 0 Å². The van der Waals surface area contributed by atoms with E-state index in [2.05, 4.69) is 0 Å². The van der Waals surface area contributed by atoms with Crippen molar-refractivity contribution < 1.29 is 17.2 Å². The largest absolute Gasteiger partial charge is 0.273 e. The lowest BCUT2D eigenvalue weighted by atomic mass is 9.89. The summed E-state index contributed by atoms with van der Waals surface area (Å²) in [5.41, 5.74) is -0.0470. The Kier molecular flexibility index (Phi) is 2.70. The van der Waals surface area contributed by atoms with Gasteiger partial charge in [0.2, 0.25) is 0 Å². The molecule has 0 aliphatic heterocycles. The van der Waals surface area contributed by atoms with Gasteiger partial charge in [-0.3, -0.25) is 0 Å². The van der Waals surface area contributed by atoms with Crippen molar-refractivity contribution in [3.63, 3.8) is 0 Å². The monoisotopic (exact) mass is 266 g/mol. The molecule has 0 aromatic heterocycles. The molecule has 2 rings (SSSR count). The van der Waals surface area contributed by atoms with E-state index in [0.717, 1.165) is 0 Å². The second-order valence-electron chi connectivity index (χ2n) is 3.78. The third-order valence-corrected chi connectivity index (χ3v) is 4.11. The molecule has 0 amide bonds. The first-order chi connectivity index (χ1) is 7.32. The van der Waals surface area contributed by atoms with E-state index >= 15 is 0 Å². The fourth-order valence-electron chi connectivity index (χ4n) is 2.02. The lowest BCUT2D eigenvalue weighted by Crippen LogP contribution is -2.22. The topological polar surface area (TPSA) is 34.1 Å². The van der Waals surface area contributed by atoms with E-state index in [9.17, 15) is 17.2 Å². The molecule has 0 spiro atoms. The minimum absolute atomic E-state index is 0.161. The summed E-state index contributed by atoms with van der Waals surface area (Å²) in [6, 6.07) is 3.83. The molecule has 6 heteroatoms. The number of hydrogen-bond acceptors (Lipinski definition) is 2. The SMILES string of the molecule is O=S(=O)(Cl)c1cccc2c1CCCC2(F)F. The highest BCUT2D eigenvalue weighted by Gasteiger charge is 2.38. The van der Waals surface area contributed by atoms with Gasteiger partial charge in [0, 0.05) is 22.7 Å². The Morgan fingerprint density at radius 2 is 2.00 bits per heavy atom. The van der Waals surface area contributed by atoms with Crippen molar-refractivity contribution in [3.8, 4) is 0 Å². The Hall–Kier alpha value is -0.680. The van der Waals surface area contributed by atoms with Crippen LogP contribution in [0.2, 0.25) is 0 Å². The maximum atomic E-state index is 13.5. The van der Waals surface area contributed by atoms with Gasteiger partial charge in [-0.2, -0.15) is 0 Å². The molecule has 0 N–H and O–H groups in total. The molecule has 88 valence electrons. The number of fused-ring (bicyclic) bond motifs is 1. The van der Waals surface area contributed by atoms with Crippen LogP contribution in [0.3, 0.4) is 0 Å². The van der Waals surface area contributed by atoms with Crippen LogP contribution in [0.4, 0.5) is 8.78 Å². The minimum atomic E-state index is -3.96. The first kappa shape index (κ1) is 11.8. The minimum Gasteiger partial charge on any atom is -0.207 e. The predicted octanol–water partition coefficient (Wildman–Crippen LogP) is 3.04. The van der Waals surface area contributed by atoms with Gasteiger partial charge in [-0.15, -0.1) is 0 Å². The Labute approximate surface area is 96.6 Å². The number of benzene rings is 1. The van der Waals surface area contributed by atoms with Crippen molar-refractivity contribution in [3.05, 3.63) is 29.3 Å². The Balaban J connectivity index is 2.70. The summed E-state index contributed by atoms with van der Waals surface area (Å²) in [6.45, 7) is 0. The first-order valence-electron chi connectivity index (χ1n) is 4.77. The van der Waals surface area contributed by atoms with Crippen LogP contribution in [0.1, 0.15) is 24.0 Å². The summed E-state index contributed by atoms with van der Waals surface area (Å²) in [7, 11) is 1.26. The molecular formula is C10H9ClF2O2S.